The molecule has 0 bridgehead atoms. The van der Waals surface area contributed by atoms with Crippen molar-refractivity contribution in [2.45, 2.75) is 26.9 Å². The van der Waals surface area contributed by atoms with E-state index in [0.29, 0.717) is 23.8 Å². The quantitative estimate of drug-likeness (QED) is 0.562. The van der Waals surface area contributed by atoms with Gasteiger partial charge in [-0.25, -0.2) is 0 Å². The Labute approximate surface area is 118 Å². The second-order valence-electron chi connectivity index (χ2n) is 5.22. The fourth-order valence-electron chi connectivity index (χ4n) is 1.71. The molecule has 1 aromatic carbocycles. The number of nitro groups is 1. The van der Waals surface area contributed by atoms with Crippen LogP contribution < -0.4 is 10.1 Å². The average molecular weight is 282 g/mol. The van der Waals surface area contributed by atoms with E-state index in [2.05, 4.69) is 19.2 Å². The number of aliphatic hydroxyl groups is 1. The number of hydrogen-bond donors (Lipinski definition) is 2. The molecule has 0 spiro atoms. The molecule has 6 nitrogen and oxygen atoms in total. The molecule has 1 atom stereocenters. The zero-order valence-electron chi connectivity index (χ0n) is 12.1. The van der Waals surface area contributed by atoms with Crippen molar-refractivity contribution in [3.05, 3.63) is 33.9 Å². The fourth-order valence-corrected chi connectivity index (χ4v) is 1.71. The van der Waals surface area contributed by atoms with Crippen molar-refractivity contribution in [2.24, 2.45) is 5.92 Å². The first-order valence-corrected chi connectivity index (χ1v) is 6.66. The summed E-state index contributed by atoms with van der Waals surface area (Å²) in [5.74, 6) is 1.05. The van der Waals surface area contributed by atoms with Crippen LogP contribution >= 0.6 is 0 Å². The number of aryl methyl sites for hydroxylation is 1. The second kappa shape index (κ2) is 7.81. The van der Waals surface area contributed by atoms with Crippen molar-refractivity contribution in [2.75, 3.05) is 19.7 Å². The summed E-state index contributed by atoms with van der Waals surface area (Å²) in [6, 6.07) is 4.56. The average Bonchev–Trinajstić information content (AvgIpc) is 2.35. The van der Waals surface area contributed by atoms with Gasteiger partial charge >= 0.3 is 0 Å². The Morgan fingerprint density at radius 2 is 2.10 bits per heavy atom. The maximum Gasteiger partial charge on any atom is 0.272 e. The molecule has 6 heteroatoms. The lowest BCUT2D eigenvalue weighted by Gasteiger charge is -2.14. The van der Waals surface area contributed by atoms with Crippen LogP contribution in [0.1, 0.15) is 19.4 Å². The largest absolute Gasteiger partial charge is 0.491 e. The van der Waals surface area contributed by atoms with Crippen molar-refractivity contribution in [3.63, 3.8) is 0 Å². The molecule has 0 aliphatic heterocycles. The number of nitrogens with one attached hydrogen (secondary N) is 1. The van der Waals surface area contributed by atoms with Gasteiger partial charge in [-0.1, -0.05) is 13.8 Å². The highest BCUT2D eigenvalue weighted by Gasteiger charge is 2.11. The van der Waals surface area contributed by atoms with Crippen molar-refractivity contribution in [3.8, 4) is 5.75 Å². The number of nitro benzene ring substituents is 1. The topological polar surface area (TPSA) is 84.6 Å². The molecule has 0 aromatic heterocycles. The lowest BCUT2D eigenvalue weighted by molar-refractivity contribution is -0.385. The Kier molecular flexibility index (Phi) is 6.41. The van der Waals surface area contributed by atoms with Crippen LogP contribution in [0.2, 0.25) is 0 Å². The Morgan fingerprint density at radius 1 is 1.40 bits per heavy atom. The first kappa shape index (κ1) is 16.4. The molecule has 0 saturated carbocycles. The minimum absolute atomic E-state index is 0.0662. The Morgan fingerprint density at radius 3 is 2.65 bits per heavy atom. The smallest absolute Gasteiger partial charge is 0.272 e. The fraction of sp³-hybridized carbons (Fsp3) is 0.571. The predicted octanol–water partition coefficient (Wildman–Crippen LogP) is 1.89. The van der Waals surface area contributed by atoms with Gasteiger partial charge in [0.25, 0.3) is 5.69 Å². The van der Waals surface area contributed by atoms with Crippen molar-refractivity contribution >= 4 is 5.69 Å². The zero-order chi connectivity index (χ0) is 15.1. The number of nitrogens with zero attached hydrogens (tertiary/aromatic N) is 1. The Bertz CT molecular complexity index is 449. The molecule has 0 radical (unpaired) electrons. The summed E-state index contributed by atoms with van der Waals surface area (Å²) < 4.78 is 5.43. The van der Waals surface area contributed by atoms with E-state index < -0.39 is 11.0 Å². The summed E-state index contributed by atoms with van der Waals surface area (Å²) in [5, 5.41) is 23.6. The molecular weight excluding hydrogens is 260 g/mol. The number of ether oxygens (including phenoxy) is 1. The van der Waals surface area contributed by atoms with Crippen LogP contribution in [0.3, 0.4) is 0 Å². The molecule has 1 rings (SSSR count). The minimum Gasteiger partial charge on any atom is -0.491 e. The molecule has 0 aliphatic rings. The zero-order valence-corrected chi connectivity index (χ0v) is 12.1. The van der Waals surface area contributed by atoms with Gasteiger partial charge in [-0.15, -0.1) is 0 Å². The molecule has 1 unspecified atom stereocenters. The third-order valence-electron chi connectivity index (χ3n) is 2.74. The van der Waals surface area contributed by atoms with Gasteiger partial charge in [-0.2, -0.15) is 0 Å². The molecule has 1 aromatic rings. The molecule has 2 N–H and O–H groups in total. The van der Waals surface area contributed by atoms with Gasteiger partial charge in [0.05, 0.1) is 4.92 Å². The van der Waals surface area contributed by atoms with Crippen LogP contribution in [0, 0.1) is 23.0 Å². The molecule has 0 amide bonds. The van der Waals surface area contributed by atoms with E-state index >= 15 is 0 Å². The van der Waals surface area contributed by atoms with Crippen molar-refractivity contribution < 1.29 is 14.8 Å². The SMILES string of the molecule is Cc1cc(OCC(O)CNCC(C)C)ccc1[N+](=O)[O-]. The van der Waals surface area contributed by atoms with E-state index in [9.17, 15) is 15.2 Å². The summed E-state index contributed by atoms with van der Waals surface area (Å²) in [4.78, 5) is 10.3. The van der Waals surface area contributed by atoms with Gasteiger partial charge in [0.15, 0.2) is 0 Å². The molecule has 0 fully saturated rings. The predicted molar refractivity (Wildman–Crippen MR) is 77.0 cm³/mol. The standard InChI is InChI=1S/C14H22N2O4/c1-10(2)7-15-8-12(17)9-20-13-4-5-14(16(18)19)11(3)6-13/h4-6,10,12,15,17H,7-9H2,1-3H3. The van der Waals surface area contributed by atoms with Crippen LogP contribution in [0.4, 0.5) is 5.69 Å². The lowest BCUT2D eigenvalue weighted by Crippen LogP contribution is -2.33. The summed E-state index contributed by atoms with van der Waals surface area (Å²) in [5.41, 5.74) is 0.608. The summed E-state index contributed by atoms with van der Waals surface area (Å²) >= 11 is 0. The number of hydrogen-bond acceptors (Lipinski definition) is 5. The van der Waals surface area contributed by atoms with Crippen LogP contribution in [0.15, 0.2) is 18.2 Å². The van der Waals surface area contributed by atoms with Crippen LogP contribution in [-0.4, -0.2) is 35.8 Å². The van der Waals surface area contributed by atoms with Gasteiger partial charge in [-0.05, 0) is 31.5 Å². The minimum atomic E-state index is -0.607. The van der Waals surface area contributed by atoms with Crippen LogP contribution in [-0.2, 0) is 0 Å². The highest BCUT2D eigenvalue weighted by atomic mass is 16.6. The van der Waals surface area contributed by atoms with Gasteiger partial charge in [0, 0.05) is 18.2 Å². The first-order chi connectivity index (χ1) is 9.40. The molecule has 20 heavy (non-hydrogen) atoms. The Balaban J connectivity index is 2.41. The van der Waals surface area contributed by atoms with Crippen molar-refractivity contribution in [1.82, 2.24) is 5.32 Å². The number of rotatable bonds is 8. The van der Waals surface area contributed by atoms with Gasteiger partial charge in [0.2, 0.25) is 0 Å². The van der Waals surface area contributed by atoms with Crippen LogP contribution in [0.25, 0.3) is 0 Å². The maximum atomic E-state index is 10.7. The highest BCUT2D eigenvalue weighted by Crippen LogP contribution is 2.23. The van der Waals surface area contributed by atoms with E-state index in [1.165, 1.54) is 6.07 Å². The van der Waals surface area contributed by atoms with Gasteiger partial charge < -0.3 is 15.2 Å². The third-order valence-corrected chi connectivity index (χ3v) is 2.74. The van der Waals surface area contributed by atoms with Gasteiger partial charge in [0.1, 0.15) is 18.5 Å². The van der Waals surface area contributed by atoms with Crippen LogP contribution in [0.5, 0.6) is 5.75 Å². The molecule has 0 aliphatic carbocycles. The van der Waals surface area contributed by atoms with Gasteiger partial charge in [-0.3, -0.25) is 10.1 Å². The van der Waals surface area contributed by atoms with E-state index in [1.807, 2.05) is 0 Å². The summed E-state index contributed by atoms with van der Waals surface area (Å²) in [7, 11) is 0. The molecule has 0 heterocycles. The summed E-state index contributed by atoms with van der Waals surface area (Å²) in [6.45, 7) is 7.30. The second-order valence-corrected chi connectivity index (χ2v) is 5.22. The van der Waals surface area contributed by atoms with E-state index in [1.54, 1.807) is 19.1 Å². The monoisotopic (exact) mass is 282 g/mol. The molecule has 0 saturated heterocycles. The first-order valence-electron chi connectivity index (χ1n) is 6.66. The summed E-state index contributed by atoms with van der Waals surface area (Å²) in [6.07, 6.45) is -0.607. The molecular formula is C14H22N2O4. The lowest BCUT2D eigenvalue weighted by atomic mass is 10.2. The molecule has 112 valence electrons. The van der Waals surface area contributed by atoms with E-state index in [0.717, 1.165) is 6.54 Å². The number of aliphatic hydroxyl groups excluding tert-OH is 1. The Hall–Kier alpha value is -1.66. The third kappa shape index (κ3) is 5.54. The normalized spacial score (nSPS) is 12.4. The van der Waals surface area contributed by atoms with E-state index in [4.69, 9.17) is 4.74 Å². The van der Waals surface area contributed by atoms with E-state index in [-0.39, 0.29) is 12.3 Å². The number of benzene rings is 1. The van der Waals surface area contributed by atoms with Crippen molar-refractivity contribution in [1.29, 1.82) is 0 Å². The maximum absolute atomic E-state index is 10.7. The highest BCUT2D eigenvalue weighted by molar-refractivity contribution is 5.44.